The maximum Gasteiger partial charge on any atom is 0.138 e. The first kappa shape index (κ1) is 10.4. The molecule has 0 radical (unpaired) electrons. The van der Waals surface area contributed by atoms with E-state index in [1.54, 1.807) is 10.9 Å². The third-order valence-electron chi connectivity index (χ3n) is 2.85. The van der Waals surface area contributed by atoms with Crippen LogP contribution in [0.5, 0.6) is 0 Å². The molecule has 1 aliphatic rings. The van der Waals surface area contributed by atoms with Crippen molar-refractivity contribution in [1.82, 2.24) is 9.78 Å². The highest BCUT2D eigenvalue weighted by molar-refractivity contribution is 5.81. The lowest BCUT2D eigenvalue weighted by Crippen LogP contribution is -2.26. The van der Waals surface area contributed by atoms with Gasteiger partial charge in [-0.2, -0.15) is 5.10 Å². The third kappa shape index (κ3) is 2.89. The summed E-state index contributed by atoms with van der Waals surface area (Å²) < 4.78 is 1.71. The zero-order chi connectivity index (χ0) is 10.8. The van der Waals surface area contributed by atoms with E-state index < -0.39 is 0 Å². The van der Waals surface area contributed by atoms with E-state index in [0.29, 0.717) is 18.8 Å². The normalized spacial score (nSPS) is 17.7. The summed E-state index contributed by atoms with van der Waals surface area (Å²) in [5, 5.41) is 4.03. The lowest BCUT2D eigenvalue weighted by atomic mass is 10.0. The molecule has 1 fully saturated rings. The number of carbonyl (C=O) groups excluding carboxylic acids is 1. The van der Waals surface area contributed by atoms with Crippen molar-refractivity contribution in [2.24, 2.45) is 18.7 Å². The van der Waals surface area contributed by atoms with E-state index in [0.717, 1.165) is 5.56 Å². The van der Waals surface area contributed by atoms with E-state index in [2.05, 4.69) is 5.10 Å². The van der Waals surface area contributed by atoms with Gasteiger partial charge in [0.25, 0.3) is 0 Å². The molecule has 1 aromatic heterocycles. The van der Waals surface area contributed by atoms with Crippen LogP contribution < -0.4 is 5.73 Å². The van der Waals surface area contributed by atoms with Crippen molar-refractivity contribution in [2.45, 2.75) is 31.7 Å². The molecule has 0 amide bonds. The number of nitrogens with zero attached hydrogens (tertiary/aromatic N) is 2. The van der Waals surface area contributed by atoms with Gasteiger partial charge in [0.1, 0.15) is 5.78 Å². The first-order valence-corrected chi connectivity index (χ1v) is 5.40. The van der Waals surface area contributed by atoms with E-state index in [-0.39, 0.29) is 11.8 Å². The summed E-state index contributed by atoms with van der Waals surface area (Å²) in [6.07, 6.45) is 6.98. The van der Waals surface area contributed by atoms with Crippen molar-refractivity contribution in [3.05, 3.63) is 18.0 Å². The van der Waals surface area contributed by atoms with Gasteiger partial charge < -0.3 is 5.73 Å². The molecule has 4 heteroatoms. The topological polar surface area (TPSA) is 60.9 Å². The Morgan fingerprint density at radius 3 is 3.00 bits per heavy atom. The maximum absolute atomic E-state index is 11.6. The maximum atomic E-state index is 11.6. The number of rotatable bonds is 5. The first-order valence-electron chi connectivity index (χ1n) is 5.40. The second-order valence-electron chi connectivity index (χ2n) is 4.44. The van der Waals surface area contributed by atoms with Gasteiger partial charge in [-0.1, -0.05) is 0 Å². The molecule has 2 rings (SSSR count). The van der Waals surface area contributed by atoms with E-state index in [4.69, 9.17) is 5.73 Å². The number of hydrogen-bond donors (Lipinski definition) is 1. The van der Waals surface area contributed by atoms with Crippen LogP contribution in [0.15, 0.2) is 12.4 Å². The summed E-state index contributed by atoms with van der Waals surface area (Å²) in [5.41, 5.74) is 6.87. The zero-order valence-corrected chi connectivity index (χ0v) is 9.02. The molecule has 2 N–H and O–H groups in total. The second-order valence-corrected chi connectivity index (χ2v) is 4.44. The minimum atomic E-state index is 0.0779. The van der Waals surface area contributed by atoms with Crippen molar-refractivity contribution in [2.75, 3.05) is 0 Å². The number of aryl methyl sites for hydroxylation is 1. The molecule has 1 aliphatic carbocycles. The van der Waals surface area contributed by atoms with Crippen LogP contribution in [-0.4, -0.2) is 21.6 Å². The lowest BCUT2D eigenvalue weighted by Gasteiger charge is -2.07. The Balaban J connectivity index is 1.81. The van der Waals surface area contributed by atoms with E-state index in [1.165, 1.54) is 12.8 Å². The molecule has 0 spiro atoms. The molecule has 1 heterocycles. The Morgan fingerprint density at radius 2 is 2.47 bits per heavy atom. The highest BCUT2D eigenvalue weighted by atomic mass is 16.1. The SMILES string of the molecule is Cn1cc(CC(=O)CC(N)C2CC2)cn1. The second kappa shape index (κ2) is 4.14. The van der Waals surface area contributed by atoms with Crippen LogP contribution in [0.4, 0.5) is 0 Å². The largest absolute Gasteiger partial charge is 0.327 e. The fourth-order valence-electron chi connectivity index (χ4n) is 1.82. The number of nitrogens with two attached hydrogens (primary N) is 1. The molecule has 1 atom stereocenters. The molecule has 0 bridgehead atoms. The average molecular weight is 207 g/mol. The standard InChI is InChI=1S/C11H17N3O/c1-14-7-8(6-13-14)4-10(15)5-11(12)9-2-3-9/h6-7,9,11H,2-5,12H2,1H3. The van der Waals surface area contributed by atoms with Gasteiger partial charge in [0.05, 0.1) is 6.20 Å². The molecule has 15 heavy (non-hydrogen) atoms. The van der Waals surface area contributed by atoms with Gasteiger partial charge in [-0.15, -0.1) is 0 Å². The summed E-state index contributed by atoms with van der Waals surface area (Å²) in [5.74, 6) is 0.824. The summed E-state index contributed by atoms with van der Waals surface area (Å²) >= 11 is 0. The van der Waals surface area contributed by atoms with Crippen molar-refractivity contribution in [3.8, 4) is 0 Å². The van der Waals surface area contributed by atoms with Gasteiger partial charge in [-0.05, 0) is 24.3 Å². The zero-order valence-electron chi connectivity index (χ0n) is 9.02. The lowest BCUT2D eigenvalue weighted by molar-refractivity contribution is -0.118. The van der Waals surface area contributed by atoms with Crippen LogP contribution in [0.3, 0.4) is 0 Å². The van der Waals surface area contributed by atoms with Crippen LogP contribution in [0.25, 0.3) is 0 Å². The monoisotopic (exact) mass is 207 g/mol. The summed E-state index contributed by atoms with van der Waals surface area (Å²) in [4.78, 5) is 11.6. The van der Waals surface area contributed by atoms with Crippen molar-refractivity contribution < 1.29 is 4.79 Å². The highest BCUT2D eigenvalue weighted by Gasteiger charge is 2.29. The van der Waals surface area contributed by atoms with Crippen LogP contribution in [0.1, 0.15) is 24.8 Å². The fraction of sp³-hybridized carbons (Fsp3) is 0.636. The van der Waals surface area contributed by atoms with Crippen LogP contribution in [0.2, 0.25) is 0 Å². The number of Topliss-reactive ketones (excluding diaryl/α,β-unsaturated/α-hetero) is 1. The van der Waals surface area contributed by atoms with Gasteiger partial charge >= 0.3 is 0 Å². The number of aromatic nitrogens is 2. The molecule has 0 aromatic carbocycles. The predicted molar refractivity (Wildman–Crippen MR) is 57.2 cm³/mol. The number of ketones is 1. The van der Waals surface area contributed by atoms with Gasteiger partial charge in [0.2, 0.25) is 0 Å². The molecular weight excluding hydrogens is 190 g/mol. The van der Waals surface area contributed by atoms with Gasteiger partial charge in [0, 0.05) is 32.1 Å². The fourth-order valence-corrected chi connectivity index (χ4v) is 1.82. The molecule has 1 unspecified atom stereocenters. The van der Waals surface area contributed by atoms with Crippen LogP contribution >= 0.6 is 0 Å². The molecule has 0 saturated heterocycles. The highest BCUT2D eigenvalue weighted by Crippen LogP contribution is 2.32. The minimum absolute atomic E-state index is 0.0779. The number of hydrogen-bond acceptors (Lipinski definition) is 3. The van der Waals surface area contributed by atoms with E-state index >= 15 is 0 Å². The van der Waals surface area contributed by atoms with Crippen LogP contribution in [0, 0.1) is 5.92 Å². The molecular formula is C11H17N3O. The Hall–Kier alpha value is -1.16. The summed E-state index contributed by atoms with van der Waals surface area (Å²) in [6.45, 7) is 0. The van der Waals surface area contributed by atoms with Gasteiger partial charge in [0.15, 0.2) is 0 Å². The van der Waals surface area contributed by atoms with E-state index in [9.17, 15) is 4.79 Å². The number of carbonyl (C=O) groups is 1. The average Bonchev–Trinajstić information content (AvgIpc) is 2.92. The van der Waals surface area contributed by atoms with Crippen LogP contribution in [-0.2, 0) is 18.3 Å². The first-order chi connectivity index (χ1) is 7.15. The molecule has 4 nitrogen and oxygen atoms in total. The van der Waals surface area contributed by atoms with Crippen molar-refractivity contribution >= 4 is 5.78 Å². The smallest absolute Gasteiger partial charge is 0.138 e. The minimum Gasteiger partial charge on any atom is -0.327 e. The molecule has 1 aromatic rings. The summed E-state index contributed by atoms with van der Waals surface area (Å²) in [6, 6.07) is 0.0779. The summed E-state index contributed by atoms with van der Waals surface area (Å²) in [7, 11) is 1.85. The Labute approximate surface area is 89.5 Å². The van der Waals surface area contributed by atoms with Crippen molar-refractivity contribution in [3.63, 3.8) is 0 Å². The van der Waals surface area contributed by atoms with Gasteiger partial charge in [-0.3, -0.25) is 9.48 Å². The van der Waals surface area contributed by atoms with E-state index in [1.807, 2.05) is 13.2 Å². The predicted octanol–water partition coefficient (Wildman–Crippen LogP) is 0.659. The Kier molecular flexibility index (Phi) is 2.86. The molecule has 0 aliphatic heterocycles. The third-order valence-corrected chi connectivity index (χ3v) is 2.85. The van der Waals surface area contributed by atoms with Crippen molar-refractivity contribution in [1.29, 1.82) is 0 Å². The Bertz CT molecular complexity index is 354. The quantitative estimate of drug-likeness (QED) is 0.771. The molecule has 1 saturated carbocycles. The Morgan fingerprint density at radius 1 is 1.73 bits per heavy atom. The van der Waals surface area contributed by atoms with Gasteiger partial charge in [-0.25, -0.2) is 0 Å². The molecule has 82 valence electrons.